The number of aryl methyl sites for hydroxylation is 3. The lowest BCUT2D eigenvalue weighted by molar-refractivity contribution is 0.355. The van der Waals surface area contributed by atoms with Crippen molar-refractivity contribution in [2.45, 2.75) is 31.4 Å². The van der Waals surface area contributed by atoms with Crippen LogP contribution in [-0.2, 0) is 15.6 Å². The largest absolute Gasteiger partial charge is 0.493 e. The molecule has 0 unspecified atom stereocenters. The van der Waals surface area contributed by atoms with Gasteiger partial charge in [0.05, 0.1) is 19.1 Å². The summed E-state index contributed by atoms with van der Waals surface area (Å²) in [5.74, 6) is 1.04. The molecule has 0 aliphatic heterocycles. The molecule has 2 aromatic carbocycles. The Morgan fingerprint density at radius 1 is 0.929 bits per heavy atom. The van der Waals surface area contributed by atoms with Crippen molar-refractivity contribution < 1.29 is 22.4 Å². The van der Waals surface area contributed by atoms with Crippen molar-refractivity contribution in [2.24, 2.45) is 0 Å². The van der Waals surface area contributed by atoms with Crippen molar-refractivity contribution in [3.8, 4) is 22.9 Å². The number of rotatable bonds is 6. The highest BCUT2D eigenvalue weighted by atomic mass is 32.2. The van der Waals surface area contributed by atoms with Gasteiger partial charge in [-0.05, 0) is 61.7 Å². The molecule has 1 heterocycles. The van der Waals surface area contributed by atoms with Crippen molar-refractivity contribution in [3.05, 3.63) is 52.9 Å². The molecule has 7 nitrogen and oxygen atoms in total. The van der Waals surface area contributed by atoms with Crippen LogP contribution in [0.1, 0.15) is 22.6 Å². The molecule has 8 heteroatoms. The average Bonchev–Trinajstić information content (AvgIpc) is 3.11. The first-order valence-corrected chi connectivity index (χ1v) is 10.3. The maximum absolute atomic E-state index is 12.9. The van der Waals surface area contributed by atoms with Crippen LogP contribution in [-0.4, -0.2) is 32.8 Å². The van der Waals surface area contributed by atoms with Crippen LogP contribution in [0, 0.1) is 20.8 Å². The summed E-state index contributed by atoms with van der Waals surface area (Å²) in [7, 11) is -0.542. The summed E-state index contributed by atoms with van der Waals surface area (Å²) in [6.45, 7) is 5.62. The molecular formula is C20H22N2O5S. The molecule has 1 aromatic heterocycles. The summed E-state index contributed by atoms with van der Waals surface area (Å²) < 4.78 is 41.4. The van der Waals surface area contributed by atoms with E-state index in [0.717, 1.165) is 11.1 Å². The smallest absolute Gasteiger partial charge is 0.242 e. The molecule has 0 bridgehead atoms. The lowest BCUT2D eigenvalue weighted by Crippen LogP contribution is -2.08. The van der Waals surface area contributed by atoms with Gasteiger partial charge in [-0.15, -0.1) is 0 Å². The molecule has 3 aromatic rings. The number of benzene rings is 2. The lowest BCUT2D eigenvalue weighted by atomic mass is 10.1. The summed E-state index contributed by atoms with van der Waals surface area (Å²) in [5, 5.41) is 3.90. The minimum absolute atomic E-state index is 0.0300. The summed E-state index contributed by atoms with van der Waals surface area (Å²) >= 11 is 0. The monoisotopic (exact) mass is 402 g/mol. The second-order valence-corrected chi connectivity index (χ2v) is 8.50. The quantitative estimate of drug-likeness (QED) is 0.621. The van der Waals surface area contributed by atoms with E-state index >= 15 is 0 Å². The van der Waals surface area contributed by atoms with Gasteiger partial charge in [0, 0.05) is 5.56 Å². The van der Waals surface area contributed by atoms with E-state index in [4.69, 9.17) is 14.0 Å². The molecule has 0 atom stereocenters. The topological polar surface area (TPSA) is 91.5 Å². The highest BCUT2D eigenvalue weighted by Gasteiger charge is 2.23. The Balaban J connectivity index is 1.90. The van der Waals surface area contributed by atoms with E-state index < -0.39 is 9.84 Å². The molecule has 0 saturated carbocycles. The van der Waals surface area contributed by atoms with Gasteiger partial charge in [-0.1, -0.05) is 11.2 Å². The number of methoxy groups -OCH3 is 2. The first-order chi connectivity index (χ1) is 13.2. The maximum atomic E-state index is 12.9. The van der Waals surface area contributed by atoms with Crippen molar-refractivity contribution in [1.82, 2.24) is 10.1 Å². The van der Waals surface area contributed by atoms with E-state index in [-0.39, 0.29) is 22.4 Å². The van der Waals surface area contributed by atoms with E-state index in [1.54, 1.807) is 38.3 Å². The fourth-order valence-corrected chi connectivity index (χ4v) is 4.42. The van der Waals surface area contributed by atoms with E-state index in [1.807, 2.05) is 19.9 Å². The van der Waals surface area contributed by atoms with Gasteiger partial charge in [0.15, 0.2) is 21.3 Å². The molecule has 0 N–H and O–H groups in total. The minimum atomic E-state index is -3.62. The lowest BCUT2D eigenvalue weighted by Gasteiger charge is -2.09. The zero-order valence-corrected chi connectivity index (χ0v) is 17.3. The predicted molar refractivity (Wildman–Crippen MR) is 104 cm³/mol. The number of hydrogen-bond donors (Lipinski definition) is 0. The second-order valence-electron chi connectivity index (χ2n) is 6.54. The molecular weight excluding hydrogens is 380 g/mol. The molecule has 0 saturated heterocycles. The fraction of sp³-hybridized carbons (Fsp3) is 0.300. The standard InChI is InChI=1S/C20H22N2O5S/c1-12-8-14(3)18(9-13(12)2)28(23,24)11-19-21-20(22-27-19)15-6-7-16(25-4)17(10-15)26-5/h6-10H,11H2,1-5H3. The van der Waals surface area contributed by atoms with Crippen LogP contribution >= 0.6 is 0 Å². The molecule has 148 valence electrons. The predicted octanol–water partition coefficient (Wildman–Crippen LogP) is 3.65. The molecule has 0 aliphatic rings. The third-order valence-electron chi connectivity index (χ3n) is 4.55. The van der Waals surface area contributed by atoms with Crippen LogP contribution in [0.3, 0.4) is 0 Å². The Hall–Kier alpha value is -2.87. The van der Waals surface area contributed by atoms with E-state index in [1.165, 1.54) is 7.11 Å². The SMILES string of the molecule is COc1ccc(-c2noc(CS(=O)(=O)c3cc(C)c(C)cc3C)n2)cc1OC. The highest BCUT2D eigenvalue weighted by molar-refractivity contribution is 7.90. The molecule has 0 aliphatic carbocycles. The van der Waals surface area contributed by atoms with Gasteiger partial charge in [-0.2, -0.15) is 4.98 Å². The Morgan fingerprint density at radius 2 is 1.61 bits per heavy atom. The molecule has 0 amide bonds. The zero-order chi connectivity index (χ0) is 20.5. The molecule has 3 rings (SSSR count). The number of nitrogens with zero attached hydrogens (tertiary/aromatic N) is 2. The number of hydrogen-bond acceptors (Lipinski definition) is 7. The third-order valence-corrected chi connectivity index (χ3v) is 6.29. The number of sulfone groups is 1. The Labute approximate surface area is 164 Å². The highest BCUT2D eigenvalue weighted by Crippen LogP contribution is 2.31. The van der Waals surface area contributed by atoms with Crippen molar-refractivity contribution in [1.29, 1.82) is 0 Å². The summed E-state index contributed by atoms with van der Waals surface area (Å²) in [6, 6.07) is 8.73. The molecule has 0 spiro atoms. The van der Waals surface area contributed by atoms with Gasteiger partial charge in [0.2, 0.25) is 11.7 Å². The average molecular weight is 402 g/mol. The van der Waals surface area contributed by atoms with Gasteiger partial charge in [0.1, 0.15) is 5.75 Å². The second kappa shape index (κ2) is 7.63. The van der Waals surface area contributed by atoms with Crippen LogP contribution in [0.25, 0.3) is 11.4 Å². The van der Waals surface area contributed by atoms with Crippen LogP contribution < -0.4 is 9.47 Å². The summed E-state index contributed by atoms with van der Waals surface area (Å²) in [5.41, 5.74) is 3.29. The van der Waals surface area contributed by atoms with Crippen LogP contribution in [0.15, 0.2) is 39.8 Å². The molecule has 0 radical (unpaired) electrons. The van der Waals surface area contributed by atoms with E-state index in [9.17, 15) is 8.42 Å². The minimum Gasteiger partial charge on any atom is -0.493 e. The number of aromatic nitrogens is 2. The van der Waals surface area contributed by atoms with Crippen LogP contribution in [0.4, 0.5) is 0 Å². The Morgan fingerprint density at radius 3 is 2.29 bits per heavy atom. The first kappa shape index (κ1) is 19.9. The van der Waals surface area contributed by atoms with E-state index in [2.05, 4.69) is 10.1 Å². The first-order valence-electron chi connectivity index (χ1n) is 8.60. The van der Waals surface area contributed by atoms with Crippen LogP contribution in [0.5, 0.6) is 11.5 Å². The Bertz CT molecular complexity index is 1120. The van der Waals surface area contributed by atoms with Gasteiger partial charge in [-0.3, -0.25) is 0 Å². The third kappa shape index (κ3) is 3.87. The van der Waals surface area contributed by atoms with Crippen molar-refractivity contribution in [3.63, 3.8) is 0 Å². The van der Waals surface area contributed by atoms with Gasteiger partial charge < -0.3 is 14.0 Å². The van der Waals surface area contributed by atoms with Gasteiger partial charge in [-0.25, -0.2) is 8.42 Å². The maximum Gasteiger partial charge on any atom is 0.242 e. The summed E-state index contributed by atoms with van der Waals surface area (Å²) in [6.07, 6.45) is 0. The summed E-state index contributed by atoms with van der Waals surface area (Å²) in [4.78, 5) is 4.52. The Kier molecular flexibility index (Phi) is 5.42. The van der Waals surface area contributed by atoms with Crippen molar-refractivity contribution in [2.75, 3.05) is 14.2 Å². The number of ether oxygens (including phenoxy) is 2. The van der Waals surface area contributed by atoms with Crippen LogP contribution in [0.2, 0.25) is 0 Å². The molecule has 0 fully saturated rings. The van der Waals surface area contributed by atoms with Gasteiger partial charge >= 0.3 is 0 Å². The molecule has 28 heavy (non-hydrogen) atoms. The van der Waals surface area contributed by atoms with Crippen molar-refractivity contribution >= 4 is 9.84 Å². The normalized spacial score (nSPS) is 11.5. The van der Waals surface area contributed by atoms with Gasteiger partial charge in [0.25, 0.3) is 0 Å². The fourth-order valence-electron chi connectivity index (χ4n) is 2.92. The zero-order valence-electron chi connectivity index (χ0n) is 16.4. The van der Waals surface area contributed by atoms with E-state index in [0.29, 0.717) is 22.6 Å².